The van der Waals surface area contributed by atoms with Crippen molar-refractivity contribution in [2.45, 2.75) is 12.5 Å². The third-order valence-electron chi connectivity index (χ3n) is 3.20. The molecule has 0 amide bonds. The van der Waals surface area contributed by atoms with Crippen molar-refractivity contribution in [3.8, 4) is 5.75 Å². The van der Waals surface area contributed by atoms with E-state index in [2.05, 4.69) is 5.43 Å². The van der Waals surface area contributed by atoms with E-state index in [1.807, 2.05) is 0 Å². The van der Waals surface area contributed by atoms with E-state index < -0.39 is 23.5 Å². The molecule has 3 nitrogen and oxygen atoms in total. The van der Waals surface area contributed by atoms with Crippen LogP contribution in [0.2, 0.25) is 0 Å². The summed E-state index contributed by atoms with van der Waals surface area (Å²) in [6.07, 6.45) is 0.322. The van der Waals surface area contributed by atoms with Crippen LogP contribution in [0.15, 0.2) is 36.4 Å². The van der Waals surface area contributed by atoms with Crippen molar-refractivity contribution < 1.29 is 17.9 Å². The van der Waals surface area contributed by atoms with E-state index in [0.29, 0.717) is 17.5 Å². The average Bonchev–Trinajstić information content (AvgIpc) is 2.48. The predicted molar refractivity (Wildman–Crippen MR) is 73.1 cm³/mol. The van der Waals surface area contributed by atoms with E-state index in [1.54, 1.807) is 6.07 Å². The summed E-state index contributed by atoms with van der Waals surface area (Å²) in [7, 11) is 1.38. The van der Waals surface area contributed by atoms with Crippen LogP contribution in [0, 0.1) is 17.5 Å². The van der Waals surface area contributed by atoms with E-state index in [9.17, 15) is 13.2 Å². The number of hydrogen-bond donors (Lipinski definition) is 2. The van der Waals surface area contributed by atoms with Crippen molar-refractivity contribution in [3.05, 3.63) is 65.0 Å². The molecule has 1 atom stereocenters. The fourth-order valence-electron chi connectivity index (χ4n) is 2.07. The monoisotopic (exact) mass is 296 g/mol. The van der Waals surface area contributed by atoms with E-state index in [4.69, 9.17) is 10.6 Å². The van der Waals surface area contributed by atoms with Gasteiger partial charge in [-0.15, -0.1) is 0 Å². The summed E-state index contributed by atoms with van der Waals surface area (Å²) in [4.78, 5) is 0. The third kappa shape index (κ3) is 3.53. The van der Waals surface area contributed by atoms with Crippen molar-refractivity contribution >= 4 is 0 Å². The fourth-order valence-corrected chi connectivity index (χ4v) is 2.07. The Labute approximate surface area is 120 Å². The average molecular weight is 296 g/mol. The molecule has 2 rings (SSSR count). The lowest BCUT2D eigenvalue weighted by Gasteiger charge is -2.17. The highest BCUT2D eigenvalue weighted by Crippen LogP contribution is 2.23. The number of halogens is 3. The number of ether oxygens (including phenoxy) is 1. The molecule has 0 fully saturated rings. The Kier molecular flexibility index (Phi) is 4.82. The third-order valence-corrected chi connectivity index (χ3v) is 3.20. The minimum atomic E-state index is -0.950. The van der Waals surface area contributed by atoms with Crippen LogP contribution in [0.3, 0.4) is 0 Å². The van der Waals surface area contributed by atoms with E-state index in [0.717, 1.165) is 12.1 Å². The molecule has 0 saturated carbocycles. The van der Waals surface area contributed by atoms with Crippen LogP contribution in [-0.4, -0.2) is 7.11 Å². The highest BCUT2D eigenvalue weighted by atomic mass is 19.2. The molecule has 0 bridgehead atoms. The Morgan fingerprint density at radius 2 is 1.81 bits per heavy atom. The molecule has 0 aliphatic heterocycles. The lowest BCUT2D eigenvalue weighted by molar-refractivity contribution is 0.386. The maximum absolute atomic E-state index is 13.6. The van der Waals surface area contributed by atoms with Crippen LogP contribution < -0.4 is 16.0 Å². The minimum Gasteiger partial charge on any atom is -0.494 e. The summed E-state index contributed by atoms with van der Waals surface area (Å²) in [5, 5.41) is 0. The Morgan fingerprint density at radius 1 is 1.05 bits per heavy atom. The van der Waals surface area contributed by atoms with Crippen LogP contribution in [0.25, 0.3) is 0 Å². The summed E-state index contributed by atoms with van der Waals surface area (Å²) in [6.45, 7) is 0. The van der Waals surface area contributed by atoms with Crippen molar-refractivity contribution in [3.63, 3.8) is 0 Å². The smallest absolute Gasteiger partial charge is 0.165 e. The standard InChI is InChI=1S/C15H15F3N2O/c1-21-15-5-2-9(6-13(15)18)7-14(20-19)10-3-4-11(16)12(17)8-10/h2-6,8,14,20H,7,19H2,1H3. The first-order valence-corrected chi connectivity index (χ1v) is 6.28. The van der Waals surface area contributed by atoms with Crippen molar-refractivity contribution in [2.24, 2.45) is 5.84 Å². The zero-order valence-electron chi connectivity index (χ0n) is 11.4. The Hall–Kier alpha value is -2.05. The second-order valence-corrected chi connectivity index (χ2v) is 4.57. The molecule has 0 spiro atoms. The normalized spacial score (nSPS) is 12.2. The molecule has 0 heterocycles. The first-order chi connectivity index (χ1) is 10.0. The van der Waals surface area contributed by atoms with Gasteiger partial charge in [0.05, 0.1) is 13.2 Å². The number of hydrogen-bond acceptors (Lipinski definition) is 3. The van der Waals surface area contributed by atoms with E-state index >= 15 is 0 Å². The Morgan fingerprint density at radius 3 is 2.38 bits per heavy atom. The summed E-state index contributed by atoms with van der Waals surface area (Å²) >= 11 is 0. The van der Waals surface area contributed by atoms with Crippen LogP contribution in [0.1, 0.15) is 17.2 Å². The van der Waals surface area contributed by atoms with Gasteiger partial charge in [-0.3, -0.25) is 11.3 Å². The van der Waals surface area contributed by atoms with Crippen LogP contribution in [-0.2, 0) is 6.42 Å². The molecular formula is C15H15F3N2O. The van der Waals surface area contributed by atoms with E-state index in [1.165, 1.54) is 25.3 Å². The first-order valence-electron chi connectivity index (χ1n) is 6.28. The Balaban J connectivity index is 2.22. The van der Waals surface area contributed by atoms with Gasteiger partial charge in [-0.2, -0.15) is 0 Å². The summed E-state index contributed by atoms with van der Waals surface area (Å²) in [6, 6.07) is 7.58. The zero-order valence-corrected chi connectivity index (χ0v) is 11.4. The number of rotatable bonds is 5. The van der Waals surface area contributed by atoms with Crippen molar-refractivity contribution in [2.75, 3.05) is 7.11 Å². The van der Waals surface area contributed by atoms with Gasteiger partial charge in [-0.05, 0) is 41.8 Å². The molecule has 0 saturated heterocycles. The quantitative estimate of drug-likeness (QED) is 0.659. The number of benzene rings is 2. The molecule has 2 aromatic carbocycles. The second kappa shape index (κ2) is 6.60. The lowest BCUT2D eigenvalue weighted by Crippen LogP contribution is -2.29. The minimum absolute atomic E-state index is 0.142. The molecular weight excluding hydrogens is 281 g/mol. The van der Waals surface area contributed by atoms with Crippen molar-refractivity contribution in [1.29, 1.82) is 0 Å². The van der Waals surface area contributed by atoms with Gasteiger partial charge in [-0.1, -0.05) is 12.1 Å². The molecule has 0 aromatic heterocycles. The topological polar surface area (TPSA) is 47.3 Å². The largest absolute Gasteiger partial charge is 0.494 e. The van der Waals surface area contributed by atoms with E-state index in [-0.39, 0.29) is 5.75 Å². The lowest BCUT2D eigenvalue weighted by atomic mass is 9.99. The predicted octanol–water partition coefficient (Wildman–Crippen LogP) is 2.86. The molecule has 0 aliphatic rings. The van der Waals surface area contributed by atoms with Gasteiger partial charge in [0.1, 0.15) is 0 Å². The molecule has 1 unspecified atom stereocenters. The zero-order chi connectivity index (χ0) is 15.4. The van der Waals surface area contributed by atoms with Gasteiger partial charge in [-0.25, -0.2) is 13.2 Å². The molecule has 112 valence electrons. The van der Waals surface area contributed by atoms with Gasteiger partial charge in [0, 0.05) is 0 Å². The van der Waals surface area contributed by atoms with Crippen LogP contribution >= 0.6 is 0 Å². The first kappa shape index (κ1) is 15.3. The maximum Gasteiger partial charge on any atom is 0.165 e. The number of methoxy groups -OCH3 is 1. The number of nitrogens with one attached hydrogen (secondary N) is 1. The highest BCUT2D eigenvalue weighted by molar-refractivity contribution is 5.31. The van der Waals surface area contributed by atoms with Gasteiger partial charge in [0.25, 0.3) is 0 Å². The molecule has 21 heavy (non-hydrogen) atoms. The van der Waals surface area contributed by atoms with Crippen LogP contribution in [0.5, 0.6) is 5.75 Å². The van der Waals surface area contributed by atoms with Gasteiger partial charge < -0.3 is 4.74 Å². The maximum atomic E-state index is 13.6. The summed E-state index contributed by atoms with van der Waals surface area (Å²) in [5.74, 6) is 3.23. The van der Waals surface area contributed by atoms with Crippen LogP contribution in [0.4, 0.5) is 13.2 Å². The fraction of sp³-hybridized carbons (Fsp3) is 0.200. The summed E-state index contributed by atoms with van der Waals surface area (Å²) < 4.78 is 44.7. The molecule has 2 aromatic rings. The van der Waals surface area contributed by atoms with Gasteiger partial charge in [0.2, 0.25) is 0 Å². The molecule has 6 heteroatoms. The summed E-state index contributed by atoms with van der Waals surface area (Å²) in [5.41, 5.74) is 3.65. The van der Waals surface area contributed by atoms with Gasteiger partial charge in [0.15, 0.2) is 23.2 Å². The SMILES string of the molecule is COc1ccc(CC(NN)c2ccc(F)c(F)c2)cc1F. The number of hydrazine groups is 1. The molecule has 3 N–H and O–H groups in total. The molecule has 0 radical (unpaired) electrons. The highest BCUT2D eigenvalue weighted by Gasteiger charge is 2.14. The number of nitrogens with two attached hydrogens (primary N) is 1. The second-order valence-electron chi connectivity index (χ2n) is 4.57. The van der Waals surface area contributed by atoms with Crippen molar-refractivity contribution in [1.82, 2.24) is 5.43 Å². The Bertz CT molecular complexity index is 634. The molecule has 0 aliphatic carbocycles. The van der Waals surface area contributed by atoms with Gasteiger partial charge >= 0.3 is 0 Å².